The Morgan fingerprint density at radius 1 is 1.07 bits per heavy atom. The number of aryl methyl sites for hydroxylation is 1. The number of rotatable bonds is 6. The molecule has 4 aromatic rings. The van der Waals surface area contributed by atoms with E-state index >= 15 is 0 Å². The Kier molecular flexibility index (Phi) is 5.32. The van der Waals surface area contributed by atoms with Crippen LogP contribution in [0.25, 0.3) is 22.2 Å². The van der Waals surface area contributed by atoms with Crippen LogP contribution in [-0.4, -0.2) is 23.2 Å². The maximum atomic E-state index is 12.1. The average molecular weight is 393 g/mol. The van der Waals surface area contributed by atoms with Gasteiger partial charge in [-0.05, 0) is 30.0 Å². The highest BCUT2D eigenvalue weighted by Crippen LogP contribution is 2.37. The second-order valence-corrected chi connectivity index (χ2v) is 8.38. The van der Waals surface area contributed by atoms with Gasteiger partial charge in [-0.3, -0.25) is 4.79 Å². The lowest BCUT2D eigenvalue weighted by Crippen LogP contribution is -2.24. The number of hydrogen-bond donors (Lipinski definition) is 2. The third-order valence-corrected chi connectivity index (χ3v) is 6.37. The van der Waals surface area contributed by atoms with Gasteiger partial charge in [0.2, 0.25) is 0 Å². The lowest BCUT2D eigenvalue weighted by molar-refractivity contribution is 0.0960. The first-order valence-corrected chi connectivity index (χ1v) is 10.7. The Morgan fingerprint density at radius 2 is 1.89 bits per heavy atom. The summed E-state index contributed by atoms with van der Waals surface area (Å²) < 4.78 is 0. The minimum absolute atomic E-state index is 0.00304. The smallest absolute Gasteiger partial charge is 0.261 e. The van der Waals surface area contributed by atoms with Gasteiger partial charge < -0.3 is 10.3 Å². The van der Waals surface area contributed by atoms with Gasteiger partial charge >= 0.3 is 0 Å². The van der Waals surface area contributed by atoms with Crippen LogP contribution in [0.4, 0.5) is 0 Å². The molecule has 0 bridgehead atoms. The largest absolute Gasteiger partial charge is 0.354 e. The number of aromatic amines is 1. The number of benzene rings is 2. The number of aromatic nitrogens is 1. The number of thioether (sulfide) groups is 1. The van der Waals surface area contributed by atoms with E-state index in [1.54, 1.807) is 11.8 Å². The monoisotopic (exact) mass is 392 g/mol. The minimum atomic E-state index is 0.00304. The van der Waals surface area contributed by atoms with Gasteiger partial charge in [-0.2, -0.15) is 0 Å². The van der Waals surface area contributed by atoms with Gasteiger partial charge in [-0.25, -0.2) is 0 Å². The Balaban J connectivity index is 1.52. The van der Waals surface area contributed by atoms with Crippen molar-refractivity contribution in [1.82, 2.24) is 10.3 Å². The topological polar surface area (TPSA) is 44.9 Å². The molecule has 3 nitrogen and oxygen atoms in total. The molecular formula is C22H20N2OS2. The average Bonchev–Trinajstić information content (AvgIpc) is 3.34. The van der Waals surface area contributed by atoms with Crippen molar-refractivity contribution < 1.29 is 4.79 Å². The summed E-state index contributed by atoms with van der Waals surface area (Å²) in [4.78, 5) is 17.6. The summed E-state index contributed by atoms with van der Waals surface area (Å²) in [5.41, 5.74) is 4.71. The fourth-order valence-electron chi connectivity index (χ4n) is 3.00. The SMILES string of the molecule is Cc1ccc(-c2[nH]c3ccccc3c2SCCNC(=O)c2cccs2)cc1. The summed E-state index contributed by atoms with van der Waals surface area (Å²) in [7, 11) is 0. The summed E-state index contributed by atoms with van der Waals surface area (Å²) in [5, 5.41) is 6.15. The van der Waals surface area contributed by atoms with E-state index in [0.29, 0.717) is 6.54 Å². The molecule has 0 aliphatic rings. The van der Waals surface area contributed by atoms with Crippen molar-refractivity contribution >= 4 is 39.9 Å². The van der Waals surface area contributed by atoms with E-state index in [1.807, 2.05) is 23.6 Å². The normalized spacial score (nSPS) is 11.0. The number of carbonyl (C=O) groups excluding carboxylic acids is 1. The van der Waals surface area contributed by atoms with Gasteiger partial charge in [0, 0.05) is 28.1 Å². The van der Waals surface area contributed by atoms with Crippen LogP contribution in [0, 0.1) is 6.92 Å². The molecule has 2 aromatic heterocycles. The van der Waals surface area contributed by atoms with E-state index in [0.717, 1.165) is 21.8 Å². The molecule has 0 fully saturated rings. The molecule has 4 rings (SSSR count). The molecule has 0 unspecified atom stereocenters. The highest BCUT2D eigenvalue weighted by molar-refractivity contribution is 7.99. The van der Waals surface area contributed by atoms with Crippen LogP contribution in [0.1, 0.15) is 15.2 Å². The molecule has 0 aliphatic carbocycles. The molecule has 0 aliphatic heterocycles. The van der Waals surface area contributed by atoms with Crippen LogP contribution in [0.2, 0.25) is 0 Å². The highest BCUT2D eigenvalue weighted by atomic mass is 32.2. The van der Waals surface area contributed by atoms with Gasteiger partial charge in [-0.15, -0.1) is 23.1 Å². The van der Waals surface area contributed by atoms with Crippen LogP contribution < -0.4 is 5.32 Å². The molecule has 2 aromatic carbocycles. The van der Waals surface area contributed by atoms with Crippen molar-refractivity contribution in [2.45, 2.75) is 11.8 Å². The maximum absolute atomic E-state index is 12.1. The fraction of sp³-hybridized carbons (Fsp3) is 0.136. The Hall–Kier alpha value is -2.50. The fourth-order valence-corrected chi connectivity index (χ4v) is 4.70. The molecule has 5 heteroatoms. The number of hydrogen-bond acceptors (Lipinski definition) is 3. The minimum Gasteiger partial charge on any atom is -0.354 e. The molecule has 136 valence electrons. The summed E-state index contributed by atoms with van der Waals surface area (Å²) in [6.07, 6.45) is 0. The first kappa shape index (κ1) is 17.9. The van der Waals surface area contributed by atoms with Crippen LogP contribution in [0.3, 0.4) is 0 Å². The number of para-hydroxylation sites is 1. The molecule has 0 atom stereocenters. The van der Waals surface area contributed by atoms with Crippen molar-refractivity contribution in [3.05, 3.63) is 76.5 Å². The van der Waals surface area contributed by atoms with Crippen LogP contribution >= 0.6 is 23.1 Å². The zero-order valence-corrected chi connectivity index (χ0v) is 16.6. The molecule has 2 heterocycles. The van der Waals surface area contributed by atoms with Crippen molar-refractivity contribution in [2.24, 2.45) is 0 Å². The number of amides is 1. The third kappa shape index (κ3) is 3.94. The molecule has 0 saturated heterocycles. The number of nitrogens with one attached hydrogen (secondary N) is 2. The van der Waals surface area contributed by atoms with Crippen LogP contribution in [-0.2, 0) is 0 Å². The molecule has 1 amide bonds. The quantitative estimate of drug-likeness (QED) is 0.325. The van der Waals surface area contributed by atoms with E-state index in [-0.39, 0.29) is 5.91 Å². The standard InChI is InChI=1S/C22H20N2OS2/c1-15-8-10-16(11-9-15)20-21(17-5-2-3-6-18(17)24-20)27-14-12-23-22(25)19-7-4-13-26-19/h2-11,13,24H,12,14H2,1H3,(H,23,25). The van der Waals surface area contributed by atoms with Gasteiger partial charge in [0.1, 0.15) is 0 Å². The second kappa shape index (κ2) is 8.03. The van der Waals surface area contributed by atoms with Crippen LogP contribution in [0.15, 0.2) is 70.9 Å². The predicted molar refractivity (Wildman–Crippen MR) is 116 cm³/mol. The zero-order chi connectivity index (χ0) is 18.6. The molecule has 27 heavy (non-hydrogen) atoms. The van der Waals surface area contributed by atoms with E-state index in [1.165, 1.54) is 32.7 Å². The van der Waals surface area contributed by atoms with E-state index in [2.05, 4.69) is 59.7 Å². The van der Waals surface area contributed by atoms with E-state index in [9.17, 15) is 4.79 Å². The number of fused-ring (bicyclic) bond motifs is 1. The van der Waals surface area contributed by atoms with E-state index in [4.69, 9.17) is 0 Å². The summed E-state index contributed by atoms with van der Waals surface area (Å²) >= 11 is 3.24. The summed E-state index contributed by atoms with van der Waals surface area (Å²) in [6, 6.07) is 20.7. The van der Waals surface area contributed by atoms with Crippen molar-refractivity contribution in [1.29, 1.82) is 0 Å². The predicted octanol–water partition coefficient (Wildman–Crippen LogP) is 5.73. The summed E-state index contributed by atoms with van der Waals surface area (Å²) in [5.74, 6) is 0.820. The Morgan fingerprint density at radius 3 is 2.67 bits per heavy atom. The Labute approximate surface area is 166 Å². The molecule has 0 saturated carbocycles. The van der Waals surface area contributed by atoms with Gasteiger partial charge in [0.05, 0.1) is 10.6 Å². The lowest BCUT2D eigenvalue weighted by atomic mass is 10.1. The highest BCUT2D eigenvalue weighted by Gasteiger charge is 2.14. The van der Waals surface area contributed by atoms with E-state index < -0.39 is 0 Å². The molecule has 2 N–H and O–H groups in total. The zero-order valence-electron chi connectivity index (χ0n) is 15.0. The lowest BCUT2D eigenvalue weighted by Gasteiger charge is -2.07. The first-order valence-electron chi connectivity index (χ1n) is 8.84. The number of carbonyl (C=O) groups is 1. The van der Waals surface area contributed by atoms with Gasteiger partial charge in [-0.1, -0.05) is 54.1 Å². The maximum Gasteiger partial charge on any atom is 0.261 e. The first-order chi connectivity index (χ1) is 13.2. The number of H-pyrrole nitrogens is 1. The van der Waals surface area contributed by atoms with Crippen molar-refractivity contribution in [3.8, 4) is 11.3 Å². The summed E-state index contributed by atoms with van der Waals surface area (Å²) in [6.45, 7) is 2.73. The van der Waals surface area contributed by atoms with Crippen molar-refractivity contribution in [3.63, 3.8) is 0 Å². The third-order valence-electron chi connectivity index (χ3n) is 4.38. The molecular weight excluding hydrogens is 372 g/mol. The van der Waals surface area contributed by atoms with Crippen molar-refractivity contribution in [2.75, 3.05) is 12.3 Å². The van der Waals surface area contributed by atoms with Gasteiger partial charge in [0.25, 0.3) is 5.91 Å². The number of thiophene rings is 1. The molecule has 0 radical (unpaired) electrons. The Bertz CT molecular complexity index is 1050. The van der Waals surface area contributed by atoms with Crippen LogP contribution in [0.5, 0.6) is 0 Å². The second-order valence-electron chi connectivity index (χ2n) is 6.32. The van der Waals surface area contributed by atoms with Gasteiger partial charge in [0.15, 0.2) is 0 Å². The molecule has 0 spiro atoms.